The monoisotopic (exact) mass is 350 g/mol. The van der Waals surface area contributed by atoms with E-state index < -0.39 is 0 Å². The van der Waals surface area contributed by atoms with Gasteiger partial charge in [0.1, 0.15) is 6.33 Å². The molecule has 27 heavy (non-hydrogen) atoms. The van der Waals surface area contributed by atoms with Crippen LogP contribution in [0.2, 0.25) is 0 Å². The fourth-order valence-corrected chi connectivity index (χ4v) is 4.78. The van der Waals surface area contributed by atoms with Gasteiger partial charge in [-0.1, -0.05) is 67.4 Å². The summed E-state index contributed by atoms with van der Waals surface area (Å²) in [7, 11) is 0. The lowest BCUT2D eigenvalue weighted by Gasteiger charge is -2.24. The lowest BCUT2D eigenvalue weighted by atomic mass is 9.78. The van der Waals surface area contributed by atoms with Gasteiger partial charge in [-0.15, -0.1) is 0 Å². The van der Waals surface area contributed by atoms with Crippen LogP contribution in [0.15, 0.2) is 60.9 Å². The van der Waals surface area contributed by atoms with Crippen molar-refractivity contribution in [1.82, 2.24) is 9.97 Å². The highest BCUT2D eigenvalue weighted by atomic mass is 14.9. The Kier molecular flexibility index (Phi) is 3.30. The Morgan fingerprint density at radius 3 is 2.22 bits per heavy atom. The largest absolute Gasteiger partial charge is 0.236 e. The predicted molar refractivity (Wildman–Crippen MR) is 112 cm³/mol. The Morgan fingerprint density at radius 2 is 1.44 bits per heavy atom. The highest BCUT2D eigenvalue weighted by Crippen LogP contribution is 2.52. The van der Waals surface area contributed by atoms with E-state index in [4.69, 9.17) is 9.97 Å². The molecule has 5 rings (SSSR count). The summed E-state index contributed by atoms with van der Waals surface area (Å²) in [4.78, 5) is 9.47. The Morgan fingerprint density at radius 1 is 0.741 bits per heavy atom. The average Bonchev–Trinajstić information content (AvgIpc) is 2.89. The maximum absolute atomic E-state index is 4.75. The summed E-state index contributed by atoms with van der Waals surface area (Å²) in [6.07, 6.45) is 1.71. The van der Waals surface area contributed by atoms with E-state index in [1.165, 1.54) is 44.2 Å². The molecule has 0 N–H and O–H groups in total. The summed E-state index contributed by atoms with van der Waals surface area (Å²) < 4.78 is 0. The van der Waals surface area contributed by atoms with E-state index >= 15 is 0 Å². The van der Waals surface area contributed by atoms with Crippen molar-refractivity contribution >= 4 is 10.8 Å². The van der Waals surface area contributed by atoms with Crippen LogP contribution < -0.4 is 0 Å². The summed E-state index contributed by atoms with van der Waals surface area (Å²) in [6, 6.07) is 19.7. The van der Waals surface area contributed by atoms with Crippen molar-refractivity contribution in [1.29, 1.82) is 0 Å². The van der Waals surface area contributed by atoms with Crippen LogP contribution in [-0.2, 0) is 5.41 Å². The third-order valence-electron chi connectivity index (χ3n) is 5.78. The van der Waals surface area contributed by atoms with Crippen molar-refractivity contribution in [3.63, 3.8) is 0 Å². The Labute approximate surface area is 159 Å². The molecule has 0 unspecified atom stereocenters. The number of rotatable bonds is 1. The van der Waals surface area contributed by atoms with Gasteiger partial charge in [-0.05, 0) is 42.3 Å². The molecule has 0 amide bonds. The minimum absolute atomic E-state index is 0.153. The molecule has 2 heteroatoms. The molecule has 0 aliphatic heterocycles. The summed E-state index contributed by atoms with van der Waals surface area (Å²) >= 11 is 0. The van der Waals surface area contributed by atoms with Crippen molar-refractivity contribution in [2.45, 2.75) is 33.1 Å². The summed E-state index contributed by atoms with van der Waals surface area (Å²) in [6.45, 7) is 8.90. The number of fused-ring (bicyclic) bond motifs is 5. The number of aromatic nitrogens is 2. The van der Waals surface area contributed by atoms with E-state index in [0.717, 1.165) is 11.4 Å². The zero-order valence-corrected chi connectivity index (χ0v) is 16.2. The number of nitrogens with zero attached hydrogens (tertiary/aromatic N) is 2. The van der Waals surface area contributed by atoms with Gasteiger partial charge in [0.05, 0.1) is 11.4 Å². The van der Waals surface area contributed by atoms with E-state index in [1.54, 1.807) is 6.33 Å². The molecule has 0 saturated carbocycles. The van der Waals surface area contributed by atoms with Crippen LogP contribution in [0.3, 0.4) is 0 Å². The van der Waals surface area contributed by atoms with E-state index in [0.29, 0.717) is 0 Å². The Balaban J connectivity index is 1.86. The van der Waals surface area contributed by atoms with Gasteiger partial charge in [0.15, 0.2) is 0 Å². The van der Waals surface area contributed by atoms with Gasteiger partial charge in [0.25, 0.3) is 0 Å². The Bertz CT molecular complexity index is 1200. The first kappa shape index (κ1) is 16.2. The molecule has 0 saturated heterocycles. The van der Waals surface area contributed by atoms with E-state index in [1.807, 2.05) is 0 Å². The van der Waals surface area contributed by atoms with Crippen LogP contribution in [0.1, 0.15) is 36.1 Å². The second kappa shape index (κ2) is 5.50. The van der Waals surface area contributed by atoms with E-state index in [9.17, 15) is 0 Å². The van der Waals surface area contributed by atoms with Crippen molar-refractivity contribution in [2.24, 2.45) is 0 Å². The van der Waals surface area contributed by atoms with Crippen LogP contribution >= 0.6 is 0 Å². The molecule has 0 fully saturated rings. The normalized spacial score (nSPS) is 14.2. The maximum atomic E-state index is 4.75. The van der Waals surface area contributed by atoms with Crippen molar-refractivity contribution < 1.29 is 0 Å². The minimum Gasteiger partial charge on any atom is -0.236 e. The molecule has 132 valence electrons. The van der Waals surface area contributed by atoms with Crippen LogP contribution in [0.25, 0.3) is 33.3 Å². The predicted octanol–water partition coefficient (Wildman–Crippen LogP) is 6.22. The zero-order chi connectivity index (χ0) is 18.8. The standard InChI is InChI=1S/C25H22N2/c1-15-11-16(2)13-18(12-15)23-22-24(27-14-26-23)20-10-9-17-7-5-6-8-19(17)21(20)25(22,3)4/h5-14H,1-4H3. The van der Waals surface area contributed by atoms with Gasteiger partial charge in [-0.3, -0.25) is 0 Å². The quantitative estimate of drug-likeness (QED) is 0.407. The second-order valence-corrected chi connectivity index (χ2v) is 8.16. The summed E-state index contributed by atoms with van der Waals surface area (Å²) in [5, 5.41) is 2.59. The fraction of sp³-hybridized carbons (Fsp3) is 0.200. The lowest BCUT2D eigenvalue weighted by Crippen LogP contribution is -2.17. The lowest BCUT2D eigenvalue weighted by molar-refractivity contribution is 0.663. The molecular weight excluding hydrogens is 328 g/mol. The molecule has 0 atom stereocenters. The molecule has 0 spiro atoms. The van der Waals surface area contributed by atoms with Gasteiger partial charge < -0.3 is 0 Å². The fourth-order valence-electron chi connectivity index (χ4n) is 4.78. The van der Waals surface area contributed by atoms with Crippen LogP contribution in [0.4, 0.5) is 0 Å². The van der Waals surface area contributed by atoms with Crippen molar-refractivity contribution in [2.75, 3.05) is 0 Å². The number of hydrogen-bond acceptors (Lipinski definition) is 2. The van der Waals surface area contributed by atoms with Crippen LogP contribution in [0.5, 0.6) is 0 Å². The SMILES string of the molecule is Cc1cc(C)cc(-c2ncnc3c2C(C)(C)c2c-3ccc3ccccc23)c1. The van der Waals surface area contributed by atoms with Gasteiger partial charge >= 0.3 is 0 Å². The Hall–Kier alpha value is -3.00. The molecule has 1 heterocycles. The molecule has 1 aromatic heterocycles. The molecule has 4 aromatic rings. The topological polar surface area (TPSA) is 25.8 Å². The molecule has 1 aliphatic carbocycles. The summed E-state index contributed by atoms with van der Waals surface area (Å²) in [5.74, 6) is 0. The first-order valence-corrected chi connectivity index (χ1v) is 9.43. The molecule has 3 aromatic carbocycles. The second-order valence-electron chi connectivity index (χ2n) is 8.16. The first-order chi connectivity index (χ1) is 13.0. The highest BCUT2D eigenvalue weighted by molar-refractivity contribution is 5.98. The molecule has 0 radical (unpaired) electrons. The van der Waals surface area contributed by atoms with Crippen LogP contribution in [-0.4, -0.2) is 9.97 Å². The molecule has 0 bridgehead atoms. The van der Waals surface area contributed by atoms with Gasteiger partial charge in [-0.2, -0.15) is 0 Å². The average molecular weight is 350 g/mol. The zero-order valence-electron chi connectivity index (χ0n) is 16.2. The van der Waals surface area contributed by atoms with Crippen LogP contribution in [0, 0.1) is 13.8 Å². The minimum atomic E-state index is -0.153. The third-order valence-corrected chi connectivity index (χ3v) is 5.78. The number of aryl methyl sites for hydroxylation is 2. The summed E-state index contributed by atoms with van der Waals surface area (Å²) in [5.41, 5.74) is 9.51. The van der Waals surface area contributed by atoms with E-state index in [2.05, 4.69) is 82.3 Å². The van der Waals surface area contributed by atoms with Gasteiger partial charge in [-0.25, -0.2) is 9.97 Å². The van der Waals surface area contributed by atoms with Gasteiger partial charge in [0.2, 0.25) is 0 Å². The number of hydrogen-bond donors (Lipinski definition) is 0. The van der Waals surface area contributed by atoms with Crippen molar-refractivity contribution in [3.8, 4) is 22.5 Å². The van der Waals surface area contributed by atoms with Crippen molar-refractivity contribution in [3.05, 3.63) is 83.2 Å². The molecule has 2 nitrogen and oxygen atoms in total. The maximum Gasteiger partial charge on any atom is 0.116 e. The third kappa shape index (κ3) is 2.26. The van der Waals surface area contributed by atoms with E-state index in [-0.39, 0.29) is 5.41 Å². The number of benzene rings is 3. The smallest absolute Gasteiger partial charge is 0.116 e. The molecular formula is C25H22N2. The highest BCUT2D eigenvalue weighted by Gasteiger charge is 2.40. The molecule has 1 aliphatic rings. The first-order valence-electron chi connectivity index (χ1n) is 9.43. The van der Waals surface area contributed by atoms with Gasteiger partial charge in [0, 0.05) is 22.1 Å².